The second-order valence-corrected chi connectivity index (χ2v) is 4.34. The van der Waals surface area contributed by atoms with Crippen molar-refractivity contribution in [2.75, 3.05) is 0 Å². The maximum Gasteiger partial charge on any atom is 0.269 e. The number of non-ortho nitro benzene ring substituents is 2. The van der Waals surface area contributed by atoms with Gasteiger partial charge >= 0.3 is 0 Å². The lowest BCUT2D eigenvalue weighted by Crippen LogP contribution is -1.95. The molecule has 0 N–H and O–H groups in total. The summed E-state index contributed by atoms with van der Waals surface area (Å²) >= 11 is 0. The van der Waals surface area contributed by atoms with E-state index in [1.54, 1.807) is 24.3 Å². The number of nitro groups is 2. The largest absolute Gasteiger partial charge is 0.372 e. The molecule has 0 saturated heterocycles. The molecule has 7 nitrogen and oxygen atoms in total. The highest BCUT2D eigenvalue weighted by molar-refractivity contribution is 5.33. The van der Waals surface area contributed by atoms with E-state index in [0.29, 0.717) is 13.2 Å². The molecule has 0 aliphatic rings. The molecular formula is C14H12N2O5. The maximum atomic E-state index is 10.5. The summed E-state index contributed by atoms with van der Waals surface area (Å²) in [7, 11) is 0. The molecular weight excluding hydrogens is 276 g/mol. The molecule has 7 heteroatoms. The van der Waals surface area contributed by atoms with E-state index in [9.17, 15) is 20.2 Å². The highest BCUT2D eigenvalue weighted by Crippen LogP contribution is 2.15. The second-order valence-electron chi connectivity index (χ2n) is 4.34. The Labute approximate surface area is 120 Å². The Morgan fingerprint density at radius 1 is 0.714 bits per heavy atom. The van der Waals surface area contributed by atoms with Gasteiger partial charge in [0, 0.05) is 24.3 Å². The van der Waals surface area contributed by atoms with Gasteiger partial charge in [-0.3, -0.25) is 20.2 Å². The van der Waals surface area contributed by atoms with Gasteiger partial charge in [-0.15, -0.1) is 0 Å². The summed E-state index contributed by atoms with van der Waals surface area (Å²) in [6, 6.07) is 12.2. The minimum Gasteiger partial charge on any atom is -0.372 e. The van der Waals surface area contributed by atoms with Crippen molar-refractivity contribution >= 4 is 11.4 Å². The van der Waals surface area contributed by atoms with Crippen molar-refractivity contribution in [3.63, 3.8) is 0 Å². The van der Waals surface area contributed by atoms with E-state index in [2.05, 4.69) is 0 Å². The Bertz CT molecular complexity index is 580. The molecule has 21 heavy (non-hydrogen) atoms. The quantitative estimate of drug-likeness (QED) is 0.600. The van der Waals surface area contributed by atoms with Crippen LogP contribution in [0.3, 0.4) is 0 Å². The van der Waals surface area contributed by atoms with Gasteiger partial charge in [0.2, 0.25) is 0 Å². The minimum absolute atomic E-state index is 0.0362. The van der Waals surface area contributed by atoms with Crippen LogP contribution in [0.1, 0.15) is 11.1 Å². The van der Waals surface area contributed by atoms with E-state index in [-0.39, 0.29) is 11.4 Å². The highest BCUT2D eigenvalue weighted by atomic mass is 16.6. The molecule has 0 spiro atoms. The topological polar surface area (TPSA) is 95.5 Å². The summed E-state index contributed by atoms with van der Waals surface area (Å²) in [6.45, 7) is 0.629. The fourth-order valence-corrected chi connectivity index (χ4v) is 1.71. The van der Waals surface area contributed by atoms with E-state index >= 15 is 0 Å². The van der Waals surface area contributed by atoms with Crippen molar-refractivity contribution < 1.29 is 14.6 Å². The lowest BCUT2D eigenvalue weighted by atomic mass is 10.2. The van der Waals surface area contributed by atoms with Crippen molar-refractivity contribution in [3.8, 4) is 0 Å². The van der Waals surface area contributed by atoms with Crippen molar-refractivity contribution in [2.24, 2.45) is 0 Å². The van der Waals surface area contributed by atoms with Crippen LogP contribution < -0.4 is 0 Å². The van der Waals surface area contributed by atoms with Crippen LogP contribution in [0.5, 0.6) is 0 Å². The average Bonchev–Trinajstić information content (AvgIpc) is 2.48. The zero-order valence-electron chi connectivity index (χ0n) is 11.0. The van der Waals surface area contributed by atoms with Gasteiger partial charge in [0.15, 0.2) is 0 Å². The lowest BCUT2D eigenvalue weighted by Gasteiger charge is -2.04. The third-order valence-electron chi connectivity index (χ3n) is 2.83. The van der Waals surface area contributed by atoms with E-state index in [0.717, 1.165) is 11.1 Å². The molecule has 0 fully saturated rings. The molecule has 0 aromatic heterocycles. The number of ether oxygens (including phenoxy) is 1. The van der Waals surface area contributed by atoms with Crippen LogP contribution in [0.4, 0.5) is 11.4 Å². The van der Waals surface area contributed by atoms with E-state index < -0.39 is 9.85 Å². The Morgan fingerprint density at radius 2 is 1.05 bits per heavy atom. The van der Waals surface area contributed by atoms with Crippen LogP contribution in [0, 0.1) is 20.2 Å². The zero-order valence-corrected chi connectivity index (χ0v) is 11.0. The molecule has 0 amide bonds. The summed E-state index contributed by atoms with van der Waals surface area (Å²) in [5.41, 5.74) is 1.72. The fourth-order valence-electron chi connectivity index (χ4n) is 1.71. The van der Waals surface area contributed by atoms with Crippen molar-refractivity contribution in [1.29, 1.82) is 0 Å². The number of nitrogens with zero attached hydrogens (tertiary/aromatic N) is 2. The Morgan fingerprint density at radius 3 is 1.33 bits per heavy atom. The number of hydrogen-bond acceptors (Lipinski definition) is 5. The number of hydrogen-bond donors (Lipinski definition) is 0. The van der Waals surface area contributed by atoms with Crippen LogP contribution in [-0.2, 0) is 18.0 Å². The predicted molar refractivity (Wildman–Crippen MR) is 74.7 cm³/mol. The Balaban J connectivity index is 1.86. The first kappa shape index (κ1) is 14.6. The molecule has 0 bridgehead atoms. The van der Waals surface area contributed by atoms with Crippen molar-refractivity contribution in [2.45, 2.75) is 13.2 Å². The normalized spacial score (nSPS) is 10.3. The number of nitro benzene ring substituents is 2. The third-order valence-corrected chi connectivity index (χ3v) is 2.83. The van der Waals surface area contributed by atoms with Crippen LogP contribution in [0.2, 0.25) is 0 Å². The van der Waals surface area contributed by atoms with Gasteiger partial charge in [-0.05, 0) is 35.4 Å². The second kappa shape index (κ2) is 6.58. The van der Waals surface area contributed by atoms with Crippen LogP contribution in [0.25, 0.3) is 0 Å². The average molecular weight is 288 g/mol. The highest BCUT2D eigenvalue weighted by Gasteiger charge is 2.05. The summed E-state index contributed by atoms with van der Waals surface area (Å²) < 4.78 is 5.47. The Hall–Kier alpha value is -2.80. The van der Waals surface area contributed by atoms with Gasteiger partial charge in [0.25, 0.3) is 11.4 Å². The van der Waals surface area contributed by atoms with Gasteiger partial charge in [0.1, 0.15) is 0 Å². The molecule has 0 aliphatic carbocycles. The van der Waals surface area contributed by atoms with Gasteiger partial charge in [-0.1, -0.05) is 0 Å². The van der Waals surface area contributed by atoms with Crippen LogP contribution in [0.15, 0.2) is 48.5 Å². The first-order valence-corrected chi connectivity index (χ1v) is 6.10. The summed E-state index contributed by atoms with van der Waals surface area (Å²) in [4.78, 5) is 20.1. The van der Waals surface area contributed by atoms with Crippen LogP contribution >= 0.6 is 0 Å². The monoisotopic (exact) mass is 288 g/mol. The first-order valence-electron chi connectivity index (χ1n) is 6.10. The summed E-state index contributed by atoms with van der Waals surface area (Å²) in [5.74, 6) is 0. The van der Waals surface area contributed by atoms with Crippen LogP contribution in [-0.4, -0.2) is 9.85 Å². The van der Waals surface area contributed by atoms with E-state index in [1.165, 1.54) is 24.3 Å². The SMILES string of the molecule is O=[N+]([O-])c1ccc(COCc2ccc([N+](=O)[O-])cc2)cc1. The fraction of sp³-hybridized carbons (Fsp3) is 0.143. The molecule has 0 heterocycles. The van der Waals surface area contributed by atoms with Crippen molar-refractivity contribution in [3.05, 3.63) is 79.9 Å². The molecule has 2 aromatic rings. The summed E-state index contributed by atoms with van der Waals surface area (Å²) in [6.07, 6.45) is 0. The Kier molecular flexibility index (Phi) is 4.57. The van der Waals surface area contributed by atoms with E-state index in [4.69, 9.17) is 4.74 Å². The van der Waals surface area contributed by atoms with Gasteiger partial charge in [-0.25, -0.2) is 0 Å². The first-order chi connectivity index (χ1) is 10.1. The van der Waals surface area contributed by atoms with Gasteiger partial charge in [0.05, 0.1) is 23.1 Å². The molecule has 2 rings (SSSR count). The van der Waals surface area contributed by atoms with Gasteiger partial charge < -0.3 is 4.74 Å². The minimum atomic E-state index is -0.457. The summed E-state index contributed by atoms with van der Waals surface area (Å²) in [5, 5.41) is 21.0. The molecule has 0 saturated carbocycles. The smallest absolute Gasteiger partial charge is 0.269 e. The predicted octanol–water partition coefficient (Wildman–Crippen LogP) is 3.22. The lowest BCUT2D eigenvalue weighted by molar-refractivity contribution is -0.385. The molecule has 2 aromatic carbocycles. The van der Waals surface area contributed by atoms with Crippen molar-refractivity contribution in [1.82, 2.24) is 0 Å². The molecule has 0 radical (unpaired) electrons. The third kappa shape index (κ3) is 4.08. The standard InChI is InChI=1S/C14H12N2O5/c17-15(18)13-5-1-11(2-6-13)9-21-10-12-3-7-14(8-4-12)16(19)20/h1-8H,9-10H2. The van der Waals surface area contributed by atoms with Gasteiger partial charge in [-0.2, -0.15) is 0 Å². The molecule has 0 aliphatic heterocycles. The number of benzene rings is 2. The van der Waals surface area contributed by atoms with E-state index in [1.807, 2.05) is 0 Å². The zero-order chi connectivity index (χ0) is 15.2. The number of rotatable bonds is 6. The molecule has 108 valence electrons. The maximum absolute atomic E-state index is 10.5. The molecule has 0 unspecified atom stereocenters. The molecule has 0 atom stereocenters.